The second kappa shape index (κ2) is 9.20. The van der Waals surface area contributed by atoms with Crippen molar-refractivity contribution in [3.05, 3.63) is 29.8 Å². The first kappa shape index (κ1) is 21.5. The Bertz CT molecular complexity index is 849. The summed E-state index contributed by atoms with van der Waals surface area (Å²) in [6.07, 6.45) is 7.39. The molecule has 4 aliphatic carbocycles. The quantitative estimate of drug-likeness (QED) is 0.372. The lowest BCUT2D eigenvalue weighted by molar-refractivity contribution is -0.136. The van der Waals surface area contributed by atoms with Crippen LogP contribution in [0, 0.1) is 23.7 Å². The Labute approximate surface area is 183 Å². The predicted octanol–water partition coefficient (Wildman–Crippen LogP) is 3.01. The molecule has 0 aliphatic heterocycles. The van der Waals surface area contributed by atoms with E-state index in [4.69, 9.17) is 0 Å². The lowest BCUT2D eigenvalue weighted by atomic mass is 9.54. The molecule has 0 spiro atoms. The minimum atomic E-state index is -0.861. The van der Waals surface area contributed by atoms with Crippen molar-refractivity contribution in [1.82, 2.24) is 10.7 Å². The summed E-state index contributed by atoms with van der Waals surface area (Å²) in [4.78, 5) is 36.6. The first-order chi connectivity index (χ1) is 14.9. The molecule has 1 aromatic rings. The molecule has 4 saturated carbocycles. The number of carbonyl (C=O) groups excluding carboxylic acids is 3. The number of hydrazone groups is 1. The van der Waals surface area contributed by atoms with Crippen molar-refractivity contribution < 1.29 is 14.4 Å². The van der Waals surface area contributed by atoms with Crippen LogP contribution in [0.3, 0.4) is 0 Å². The van der Waals surface area contributed by atoms with E-state index >= 15 is 0 Å². The minimum absolute atomic E-state index is 0.0616. The van der Waals surface area contributed by atoms with Crippen LogP contribution in [-0.2, 0) is 20.8 Å². The molecule has 0 unspecified atom stereocenters. The number of anilines is 1. The summed E-state index contributed by atoms with van der Waals surface area (Å²) < 4.78 is 0. The number of hydrogen-bond acceptors (Lipinski definition) is 4. The van der Waals surface area contributed by atoms with Gasteiger partial charge in [0, 0.05) is 17.4 Å². The minimum Gasteiger partial charge on any atom is -0.352 e. The molecule has 0 aromatic heterocycles. The summed E-state index contributed by atoms with van der Waals surface area (Å²) in [7, 11) is 0. The van der Waals surface area contributed by atoms with Crippen molar-refractivity contribution in [3.63, 3.8) is 0 Å². The van der Waals surface area contributed by atoms with E-state index in [0.717, 1.165) is 23.8 Å². The smallest absolute Gasteiger partial charge is 0.329 e. The normalized spacial score (nSPS) is 28.8. The predicted molar refractivity (Wildman–Crippen MR) is 119 cm³/mol. The van der Waals surface area contributed by atoms with Crippen molar-refractivity contribution in [2.24, 2.45) is 28.8 Å². The Kier molecular flexibility index (Phi) is 6.39. The van der Waals surface area contributed by atoms with Crippen LogP contribution in [0.4, 0.5) is 5.69 Å². The van der Waals surface area contributed by atoms with E-state index in [9.17, 15) is 14.4 Å². The van der Waals surface area contributed by atoms with E-state index in [1.54, 1.807) is 19.1 Å². The molecular weight excluding hydrogens is 392 g/mol. The molecule has 166 valence electrons. The molecule has 31 heavy (non-hydrogen) atoms. The van der Waals surface area contributed by atoms with Crippen molar-refractivity contribution in [2.45, 2.75) is 64.8 Å². The van der Waals surface area contributed by atoms with E-state index in [1.807, 2.05) is 19.1 Å². The Morgan fingerprint density at radius 3 is 2.13 bits per heavy atom. The molecule has 0 radical (unpaired) electrons. The Morgan fingerprint density at radius 2 is 1.55 bits per heavy atom. The second-order valence-corrected chi connectivity index (χ2v) is 9.49. The Hall–Kier alpha value is -2.70. The van der Waals surface area contributed by atoms with Crippen LogP contribution in [0.2, 0.25) is 0 Å². The van der Waals surface area contributed by atoms with Gasteiger partial charge in [-0.3, -0.25) is 14.4 Å². The zero-order valence-corrected chi connectivity index (χ0v) is 18.3. The van der Waals surface area contributed by atoms with Crippen LogP contribution in [0.1, 0.15) is 57.9 Å². The van der Waals surface area contributed by atoms with Crippen molar-refractivity contribution in [2.75, 3.05) is 5.32 Å². The molecule has 4 fully saturated rings. The number of rotatable bonds is 6. The van der Waals surface area contributed by atoms with Gasteiger partial charge in [-0.1, -0.05) is 19.1 Å². The van der Waals surface area contributed by atoms with Gasteiger partial charge in [-0.25, -0.2) is 5.43 Å². The molecule has 0 saturated heterocycles. The molecule has 0 atom stereocenters. The fourth-order valence-electron chi connectivity index (χ4n) is 5.88. The summed E-state index contributed by atoms with van der Waals surface area (Å²) >= 11 is 0. The lowest BCUT2D eigenvalue weighted by Gasteiger charge is -2.54. The fraction of sp³-hybridized carbons (Fsp3) is 0.583. The van der Waals surface area contributed by atoms with Crippen LogP contribution in [0.5, 0.6) is 0 Å². The van der Waals surface area contributed by atoms with Gasteiger partial charge >= 0.3 is 11.8 Å². The van der Waals surface area contributed by atoms with Gasteiger partial charge in [0.25, 0.3) is 0 Å². The maximum absolute atomic E-state index is 12.5. The summed E-state index contributed by atoms with van der Waals surface area (Å²) in [6.45, 7) is 3.72. The standard InChI is InChI=1S/C24H32N4O3/c1-3-15-4-6-20(7-5-15)25-23(30)24(31)28-27-14(2)8-21(29)26-22-18-10-16-9-17(12-18)13-19(22)11-16/h4-7,16-19,22H,3,8-13H2,1-2H3,(H,25,30)(H,26,29)(H,28,31). The average molecular weight is 425 g/mol. The monoisotopic (exact) mass is 424 g/mol. The number of hydrogen-bond donors (Lipinski definition) is 3. The van der Waals surface area contributed by atoms with Gasteiger partial charge in [0.15, 0.2) is 0 Å². The van der Waals surface area contributed by atoms with Crippen molar-refractivity contribution >= 4 is 29.1 Å². The van der Waals surface area contributed by atoms with Crippen LogP contribution in [0.15, 0.2) is 29.4 Å². The van der Waals surface area contributed by atoms with E-state index in [0.29, 0.717) is 23.2 Å². The second-order valence-electron chi connectivity index (χ2n) is 9.49. The molecule has 1 aromatic carbocycles. The Morgan fingerprint density at radius 1 is 0.935 bits per heavy atom. The number of amides is 3. The Balaban J connectivity index is 1.23. The van der Waals surface area contributed by atoms with Crippen LogP contribution in [-0.4, -0.2) is 29.5 Å². The lowest BCUT2D eigenvalue weighted by Crippen LogP contribution is -2.56. The number of nitrogens with zero attached hydrogens (tertiary/aromatic N) is 1. The average Bonchev–Trinajstić information content (AvgIpc) is 2.74. The van der Waals surface area contributed by atoms with Crippen molar-refractivity contribution in [1.29, 1.82) is 0 Å². The topological polar surface area (TPSA) is 99.7 Å². The summed E-state index contributed by atoms with van der Waals surface area (Å²) in [5, 5.41) is 9.71. The van der Waals surface area contributed by atoms with Gasteiger partial charge in [-0.15, -0.1) is 0 Å². The SMILES string of the molecule is CCc1ccc(NC(=O)C(=O)NN=C(C)CC(=O)NC2C3CC4CC(C3)CC2C4)cc1. The fourth-order valence-corrected chi connectivity index (χ4v) is 5.88. The maximum Gasteiger partial charge on any atom is 0.329 e. The van der Waals surface area contributed by atoms with E-state index in [2.05, 4.69) is 21.2 Å². The highest BCUT2D eigenvalue weighted by Crippen LogP contribution is 2.53. The van der Waals surface area contributed by atoms with Gasteiger partial charge in [0.1, 0.15) is 0 Å². The number of aryl methyl sites for hydroxylation is 1. The van der Waals surface area contributed by atoms with Gasteiger partial charge in [0.2, 0.25) is 5.91 Å². The highest BCUT2D eigenvalue weighted by molar-refractivity contribution is 6.39. The summed E-state index contributed by atoms with van der Waals surface area (Å²) in [6, 6.07) is 7.60. The molecule has 3 amide bonds. The van der Waals surface area contributed by atoms with Gasteiger partial charge in [-0.2, -0.15) is 5.10 Å². The van der Waals surface area contributed by atoms with E-state index < -0.39 is 11.8 Å². The van der Waals surface area contributed by atoms with Crippen LogP contribution in [0.25, 0.3) is 0 Å². The first-order valence-electron chi connectivity index (χ1n) is 11.4. The zero-order valence-electron chi connectivity index (χ0n) is 18.3. The molecule has 4 aliphatic rings. The highest BCUT2D eigenvalue weighted by Gasteiger charge is 2.48. The number of benzene rings is 1. The van der Waals surface area contributed by atoms with Crippen LogP contribution < -0.4 is 16.1 Å². The third kappa shape index (κ3) is 5.14. The molecule has 4 bridgehead atoms. The zero-order chi connectivity index (χ0) is 22.0. The number of nitrogens with one attached hydrogen (secondary N) is 3. The molecule has 5 rings (SSSR count). The van der Waals surface area contributed by atoms with E-state index in [1.165, 1.54) is 32.1 Å². The van der Waals surface area contributed by atoms with Gasteiger partial charge in [-0.05, 0) is 86.8 Å². The van der Waals surface area contributed by atoms with Gasteiger partial charge < -0.3 is 10.6 Å². The molecule has 7 nitrogen and oxygen atoms in total. The first-order valence-corrected chi connectivity index (χ1v) is 11.4. The molecule has 0 heterocycles. The van der Waals surface area contributed by atoms with Crippen LogP contribution >= 0.6 is 0 Å². The highest BCUT2D eigenvalue weighted by atomic mass is 16.2. The molecule has 7 heteroatoms. The third-order valence-corrected chi connectivity index (χ3v) is 7.15. The summed E-state index contributed by atoms with van der Waals surface area (Å²) in [5.41, 5.74) is 4.41. The maximum atomic E-state index is 12.5. The third-order valence-electron chi connectivity index (χ3n) is 7.15. The molecular formula is C24H32N4O3. The number of carbonyl (C=O) groups is 3. The summed E-state index contributed by atoms with van der Waals surface area (Å²) in [5.74, 6) is 1.25. The largest absolute Gasteiger partial charge is 0.352 e. The van der Waals surface area contributed by atoms with Gasteiger partial charge in [0.05, 0.1) is 6.42 Å². The van der Waals surface area contributed by atoms with Crippen molar-refractivity contribution in [3.8, 4) is 0 Å². The van der Waals surface area contributed by atoms with E-state index in [-0.39, 0.29) is 18.4 Å². The molecule has 3 N–H and O–H groups in total.